The molecule has 0 saturated carbocycles. The molecule has 0 fully saturated rings. The molecule has 0 bridgehead atoms. The Morgan fingerprint density at radius 2 is 1.58 bits per heavy atom. The molecule has 1 aromatic heterocycles. The molecule has 0 unspecified atom stereocenters. The number of hydrogen-bond donors (Lipinski definition) is 3. The quantitative estimate of drug-likeness (QED) is 0.609. The summed E-state index contributed by atoms with van der Waals surface area (Å²) in [6.07, 6.45) is 1.42. The number of sulfonamides is 1. The van der Waals surface area contributed by atoms with Gasteiger partial charge in [-0.2, -0.15) is 0 Å². The Hall–Kier alpha value is -3.17. The van der Waals surface area contributed by atoms with Crippen LogP contribution in [-0.2, 0) is 10.0 Å². The molecule has 26 heavy (non-hydrogen) atoms. The zero-order chi connectivity index (χ0) is 18.6. The van der Waals surface area contributed by atoms with E-state index in [0.717, 1.165) is 11.4 Å². The number of nitrogens with zero attached hydrogens (tertiary/aromatic N) is 2. The minimum absolute atomic E-state index is 0.0473. The van der Waals surface area contributed by atoms with Crippen LogP contribution >= 0.6 is 0 Å². The van der Waals surface area contributed by atoms with Crippen LogP contribution in [0.2, 0.25) is 0 Å². The van der Waals surface area contributed by atoms with Crippen LogP contribution in [0.5, 0.6) is 5.75 Å². The van der Waals surface area contributed by atoms with Crippen LogP contribution in [0.15, 0.2) is 65.8 Å². The van der Waals surface area contributed by atoms with E-state index >= 15 is 0 Å². The van der Waals surface area contributed by atoms with Gasteiger partial charge in [0.2, 0.25) is 10.0 Å². The Morgan fingerprint density at radius 1 is 0.923 bits per heavy atom. The van der Waals surface area contributed by atoms with E-state index in [0.29, 0.717) is 17.3 Å². The molecule has 8 nitrogen and oxygen atoms in total. The van der Waals surface area contributed by atoms with Crippen molar-refractivity contribution in [3.05, 3.63) is 60.9 Å². The number of methoxy groups -OCH3 is 1. The van der Waals surface area contributed by atoms with Crippen molar-refractivity contribution in [2.75, 3.05) is 17.7 Å². The number of nitrogens with one attached hydrogen (secondary N) is 2. The van der Waals surface area contributed by atoms with Crippen LogP contribution in [0.3, 0.4) is 0 Å². The summed E-state index contributed by atoms with van der Waals surface area (Å²) in [7, 11) is -2.11. The van der Waals surface area contributed by atoms with E-state index in [-0.39, 0.29) is 4.90 Å². The second-order valence-corrected chi connectivity index (χ2v) is 6.90. The van der Waals surface area contributed by atoms with Gasteiger partial charge in [-0.15, -0.1) is 0 Å². The number of nitrogens with two attached hydrogens (primary N) is 1. The van der Waals surface area contributed by atoms with Crippen LogP contribution in [0, 0.1) is 0 Å². The summed E-state index contributed by atoms with van der Waals surface area (Å²) in [6.45, 7) is 0. The monoisotopic (exact) mass is 371 g/mol. The van der Waals surface area contributed by atoms with Crippen LogP contribution in [-0.4, -0.2) is 25.5 Å². The molecular weight excluding hydrogens is 354 g/mol. The largest absolute Gasteiger partial charge is 0.497 e. The third kappa shape index (κ3) is 4.47. The van der Waals surface area contributed by atoms with Crippen molar-refractivity contribution < 1.29 is 13.2 Å². The summed E-state index contributed by atoms with van der Waals surface area (Å²) in [4.78, 5) is 8.38. The van der Waals surface area contributed by atoms with Crippen molar-refractivity contribution in [3.63, 3.8) is 0 Å². The fourth-order valence-corrected chi connectivity index (χ4v) is 2.73. The van der Waals surface area contributed by atoms with E-state index in [9.17, 15) is 8.42 Å². The Balaban J connectivity index is 1.75. The summed E-state index contributed by atoms with van der Waals surface area (Å²) in [5.41, 5.74) is 1.50. The van der Waals surface area contributed by atoms with Crippen molar-refractivity contribution in [1.29, 1.82) is 0 Å². The van der Waals surface area contributed by atoms with Crippen molar-refractivity contribution in [2.45, 2.75) is 4.90 Å². The number of primary sulfonamides is 1. The minimum atomic E-state index is -3.71. The average molecular weight is 371 g/mol. The number of aromatic nitrogens is 2. The predicted molar refractivity (Wildman–Crippen MR) is 99.4 cm³/mol. The van der Waals surface area contributed by atoms with Crippen LogP contribution in [0.25, 0.3) is 0 Å². The number of hydrogen-bond acceptors (Lipinski definition) is 7. The Labute approximate surface area is 151 Å². The molecule has 0 aliphatic rings. The van der Waals surface area contributed by atoms with E-state index in [1.807, 2.05) is 24.3 Å². The van der Waals surface area contributed by atoms with Crippen LogP contribution in [0.4, 0.5) is 23.0 Å². The first-order valence-electron chi connectivity index (χ1n) is 7.57. The van der Waals surface area contributed by atoms with Crippen molar-refractivity contribution in [2.24, 2.45) is 5.14 Å². The SMILES string of the molecule is COc1cccc(Nc2cc(Nc3ccc(S(N)(=O)=O)cc3)ncn2)c1. The van der Waals surface area contributed by atoms with Crippen molar-refractivity contribution in [3.8, 4) is 5.75 Å². The Kier molecular flexibility index (Phi) is 5.01. The van der Waals surface area contributed by atoms with Gasteiger partial charge in [0.05, 0.1) is 12.0 Å². The Bertz CT molecular complexity index is 1010. The first kappa shape index (κ1) is 17.6. The molecule has 3 rings (SSSR count). The zero-order valence-electron chi connectivity index (χ0n) is 13.9. The van der Waals surface area contributed by atoms with Gasteiger partial charge in [-0.3, -0.25) is 0 Å². The lowest BCUT2D eigenvalue weighted by Gasteiger charge is -2.10. The highest BCUT2D eigenvalue weighted by Crippen LogP contribution is 2.22. The highest BCUT2D eigenvalue weighted by atomic mass is 32.2. The van der Waals surface area contributed by atoms with Crippen LogP contribution in [0.1, 0.15) is 0 Å². The minimum Gasteiger partial charge on any atom is -0.497 e. The molecular formula is C17H17N5O3S. The molecule has 4 N–H and O–H groups in total. The molecule has 0 saturated heterocycles. The van der Waals surface area contributed by atoms with Gasteiger partial charge in [-0.25, -0.2) is 23.5 Å². The summed E-state index contributed by atoms with van der Waals surface area (Å²) < 4.78 is 27.8. The topological polar surface area (TPSA) is 119 Å². The van der Waals surface area contributed by atoms with Gasteiger partial charge in [-0.05, 0) is 36.4 Å². The molecule has 0 radical (unpaired) electrons. The number of anilines is 4. The van der Waals surface area contributed by atoms with Gasteiger partial charge < -0.3 is 15.4 Å². The first-order valence-corrected chi connectivity index (χ1v) is 9.12. The van der Waals surface area contributed by atoms with Crippen molar-refractivity contribution >= 4 is 33.0 Å². The lowest BCUT2D eigenvalue weighted by Crippen LogP contribution is -2.11. The maximum Gasteiger partial charge on any atom is 0.238 e. The molecule has 3 aromatic rings. The summed E-state index contributed by atoms with van der Waals surface area (Å²) in [6, 6.07) is 15.3. The summed E-state index contributed by atoms with van der Waals surface area (Å²) >= 11 is 0. The van der Waals surface area contributed by atoms with E-state index < -0.39 is 10.0 Å². The smallest absolute Gasteiger partial charge is 0.238 e. The lowest BCUT2D eigenvalue weighted by atomic mass is 10.3. The van der Waals surface area contributed by atoms with E-state index in [4.69, 9.17) is 9.88 Å². The van der Waals surface area contributed by atoms with Crippen LogP contribution < -0.4 is 20.5 Å². The third-order valence-electron chi connectivity index (χ3n) is 3.46. The lowest BCUT2D eigenvalue weighted by molar-refractivity contribution is 0.415. The van der Waals surface area contributed by atoms with Gasteiger partial charge in [0, 0.05) is 23.5 Å². The maximum atomic E-state index is 11.3. The van der Waals surface area contributed by atoms with Gasteiger partial charge in [-0.1, -0.05) is 6.07 Å². The van der Waals surface area contributed by atoms with E-state index in [1.165, 1.54) is 18.5 Å². The maximum absolute atomic E-state index is 11.3. The zero-order valence-corrected chi connectivity index (χ0v) is 14.7. The molecule has 9 heteroatoms. The first-order chi connectivity index (χ1) is 12.4. The molecule has 134 valence electrons. The molecule has 0 aliphatic heterocycles. The number of benzene rings is 2. The van der Waals surface area contributed by atoms with Gasteiger partial charge in [0.15, 0.2) is 0 Å². The molecule has 0 spiro atoms. The molecule has 1 heterocycles. The van der Waals surface area contributed by atoms with Gasteiger partial charge >= 0.3 is 0 Å². The normalized spacial score (nSPS) is 11.0. The summed E-state index contributed by atoms with van der Waals surface area (Å²) in [5.74, 6) is 1.88. The third-order valence-corrected chi connectivity index (χ3v) is 4.39. The van der Waals surface area contributed by atoms with Gasteiger partial charge in [0.1, 0.15) is 23.7 Å². The standard InChI is InChI=1S/C17H17N5O3S/c1-25-14-4-2-3-13(9-14)22-17-10-16(19-11-20-17)21-12-5-7-15(8-6-12)26(18,23)24/h2-11H,1H3,(H2,18,23,24)(H2,19,20,21,22). The Morgan fingerprint density at radius 3 is 2.19 bits per heavy atom. The van der Waals surface area contributed by atoms with E-state index in [2.05, 4.69) is 20.6 Å². The highest BCUT2D eigenvalue weighted by molar-refractivity contribution is 7.89. The molecule has 0 aliphatic carbocycles. The summed E-state index contributed by atoms with van der Waals surface area (Å²) in [5, 5.41) is 11.3. The molecule has 0 amide bonds. The number of ether oxygens (including phenoxy) is 1. The predicted octanol–water partition coefficient (Wildman–Crippen LogP) is 2.62. The van der Waals surface area contributed by atoms with Crippen molar-refractivity contribution in [1.82, 2.24) is 9.97 Å². The number of rotatable bonds is 6. The van der Waals surface area contributed by atoms with Gasteiger partial charge in [0.25, 0.3) is 0 Å². The second-order valence-electron chi connectivity index (χ2n) is 5.34. The fourth-order valence-electron chi connectivity index (χ4n) is 2.22. The average Bonchev–Trinajstić information content (AvgIpc) is 2.62. The fraction of sp³-hybridized carbons (Fsp3) is 0.0588. The molecule has 0 atom stereocenters. The molecule has 2 aromatic carbocycles. The second kappa shape index (κ2) is 7.38. The highest BCUT2D eigenvalue weighted by Gasteiger charge is 2.07. The van der Waals surface area contributed by atoms with E-state index in [1.54, 1.807) is 25.3 Å².